The summed E-state index contributed by atoms with van der Waals surface area (Å²) in [6, 6.07) is 5.43. The Morgan fingerprint density at radius 3 is 3.00 bits per heavy atom. The maximum absolute atomic E-state index is 11.7. The van der Waals surface area contributed by atoms with E-state index in [1.54, 1.807) is 18.3 Å². The molecular weight excluding hydrogens is 314 g/mol. The fourth-order valence-electron chi connectivity index (χ4n) is 1.22. The second-order valence-corrected chi connectivity index (χ2v) is 5.41. The molecule has 0 bridgehead atoms. The van der Waals surface area contributed by atoms with Crippen LogP contribution in [0, 0.1) is 6.92 Å². The van der Waals surface area contributed by atoms with Gasteiger partial charge in [0.15, 0.2) is 0 Å². The van der Waals surface area contributed by atoms with Crippen LogP contribution in [0.3, 0.4) is 0 Å². The van der Waals surface area contributed by atoms with Crippen molar-refractivity contribution in [1.29, 1.82) is 0 Å². The number of rotatable bonds is 3. The zero-order chi connectivity index (χ0) is 13.0. The summed E-state index contributed by atoms with van der Waals surface area (Å²) in [4.78, 5) is 16.7. The molecule has 0 aliphatic heterocycles. The lowest BCUT2D eigenvalue weighted by molar-refractivity contribution is 0.0955. The summed E-state index contributed by atoms with van der Waals surface area (Å²) in [5, 5.41) is 5.84. The first-order chi connectivity index (χ1) is 8.65. The number of carbonyl (C=O) groups is 1. The average molecular weight is 324 g/mol. The van der Waals surface area contributed by atoms with Gasteiger partial charge in [0.25, 0.3) is 5.91 Å². The Morgan fingerprint density at radius 2 is 2.39 bits per heavy atom. The number of hydrogen-bond acceptors (Lipinski definition) is 4. The van der Waals surface area contributed by atoms with Gasteiger partial charge in [-0.05, 0) is 41.1 Å². The molecular formula is C12H10BrN3OS. The van der Waals surface area contributed by atoms with Gasteiger partial charge in [-0.3, -0.25) is 9.78 Å². The molecule has 2 heterocycles. The van der Waals surface area contributed by atoms with Crippen LogP contribution >= 0.6 is 27.3 Å². The van der Waals surface area contributed by atoms with Gasteiger partial charge in [0.05, 0.1) is 11.8 Å². The van der Waals surface area contributed by atoms with Gasteiger partial charge in [-0.15, -0.1) is 11.3 Å². The van der Waals surface area contributed by atoms with E-state index in [9.17, 15) is 4.79 Å². The molecule has 0 saturated carbocycles. The van der Waals surface area contributed by atoms with Gasteiger partial charge >= 0.3 is 0 Å². The van der Waals surface area contributed by atoms with E-state index >= 15 is 0 Å². The lowest BCUT2D eigenvalue weighted by atomic mass is 10.2. The first kappa shape index (κ1) is 12.9. The van der Waals surface area contributed by atoms with E-state index in [0.717, 1.165) is 15.0 Å². The zero-order valence-corrected chi connectivity index (χ0v) is 12.0. The molecule has 2 rings (SSSR count). The van der Waals surface area contributed by atoms with E-state index in [4.69, 9.17) is 0 Å². The van der Waals surface area contributed by atoms with Gasteiger partial charge in [-0.25, -0.2) is 5.43 Å². The van der Waals surface area contributed by atoms with Gasteiger partial charge in [0.2, 0.25) is 0 Å². The van der Waals surface area contributed by atoms with Crippen molar-refractivity contribution >= 4 is 39.4 Å². The van der Waals surface area contributed by atoms with Crippen molar-refractivity contribution in [2.45, 2.75) is 6.92 Å². The Kier molecular flexibility index (Phi) is 4.22. The molecule has 0 radical (unpaired) electrons. The first-order valence-corrected chi connectivity index (χ1v) is 6.82. The molecule has 1 amide bonds. The lowest BCUT2D eigenvalue weighted by Gasteiger charge is -1.98. The number of amides is 1. The van der Waals surface area contributed by atoms with Crippen molar-refractivity contribution < 1.29 is 4.79 Å². The number of pyridine rings is 1. The number of aromatic nitrogens is 1. The van der Waals surface area contributed by atoms with E-state index in [2.05, 4.69) is 31.4 Å². The highest BCUT2D eigenvalue weighted by Gasteiger charge is 2.03. The molecule has 0 aliphatic carbocycles. The summed E-state index contributed by atoms with van der Waals surface area (Å²) in [5.41, 5.74) is 3.82. The minimum absolute atomic E-state index is 0.269. The summed E-state index contributed by atoms with van der Waals surface area (Å²) in [6.07, 6.45) is 3.14. The van der Waals surface area contributed by atoms with Crippen molar-refractivity contribution in [2.75, 3.05) is 0 Å². The number of halogens is 1. The number of hydrogen-bond donors (Lipinski definition) is 1. The van der Waals surface area contributed by atoms with Crippen LogP contribution in [0.15, 0.2) is 39.4 Å². The largest absolute Gasteiger partial charge is 0.272 e. The summed E-state index contributed by atoms with van der Waals surface area (Å²) >= 11 is 4.89. The number of thiophene rings is 1. The predicted molar refractivity (Wildman–Crippen MR) is 76.1 cm³/mol. The number of nitrogens with zero attached hydrogens (tertiary/aromatic N) is 2. The molecule has 2 aromatic rings. The van der Waals surface area contributed by atoms with Crippen molar-refractivity contribution in [1.82, 2.24) is 10.4 Å². The topological polar surface area (TPSA) is 54.4 Å². The molecule has 2 aromatic heterocycles. The molecule has 0 unspecified atom stereocenters. The van der Waals surface area contributed by atoms with E-state index in [0.29, 0.717) is 5.56 Å². The molecule has 18 heavy (non-hydrogen) atoms. The molecule has 0 spiro atoms. The quantitative estimate of drug-likeness (QED) is 0.697. The second kappa shape index (κ2) is 5.88. The lowest BCUT2D eigenvalue weighted by Crippen LogP contribution is -2.17. The molecule has 0 fully saturated rings. The summed E-state index contributed by atoms with van der Waals surface area (Å²) in [5.74, 6) is -0.269. The maximum Gasteiger partial charge on any atom is 0.272 e. The smallest absolute Gasteiger partial charge is 0.267 e. The van der Waals surface area contributed by atoms with Gasteiger partial charge < -0.3 is 0 Å². The number of carbonyl (C=O) groups excluding carboxylic acids is 1. The van der Waals surface area contributed by atoms with Gasteiger partial charge in [0.1, 0.15) is 0 Å². The fraction of sp³-hybridized carbons (Fsp3) is 0.0833. The van der Waals surface area contributed by atoms with Crippen LogP contribution in [-0.4, -0.2) is 17.1 Å². The third kappa shape index (κ3) is 3.48. The third-order valence-corrected chi connectivity index (χ3v) is 3.75. The molecule has 92 valence electrons. The van der Waals surface area contributed by atoms with Crippen LogP contribution in [0.5, 0.6) is 0 Å². The minimum atomic E-state index is -0.269. The monoisotopic (exact) mass is 323 g/mol. The SMILES string of the molecule is Cc1ccc(C(=O)NN=Cc2cc(Br)cs2)cn1. The minimum Gasteiger partial charge on any atom is -0.267 e. The van der Waals surface area contributed by atoms with Crippen LogP contribution < -0.4 is 5.43 Å². The van der Waals surface area contributed by atoms with E-state index in [-0.39, 0.29) is 5.91 Å². The number of hydrazone groups is 1. The van der Waals surface area contributed by atoms with Crippen LogP contribution in [-0.2, 0) is 0 Å². The summed E-state index contributed by atoms with van der Waals surface area (Å²) in [7, 11) is 0. The van der Waals surface area contributed by atoms with E-state index in [1.165, 1.54) is 17.5 Å². The Labute approximate surface area is 117 Å². The zero-order valence-electron chi connectivity index (χ0n) is 9.55. The van der Waals surface area contributed by atoms with Crippen LogP contribution in [0.2, 0.25) is 0 Å². The Balaban J connectivity index is 1.96. The average Bonchev–Trinajstić information content (AvgIpc) is 2.76. The van der Waals surface area contributed by atoms with Crippen molar-refractivity contribution in [3.05, 3.63) is 50.4 Å². The van der Waals surface area contributed by atoms with Crippen LogP contribution in [0.1, 0.15) is 20.9 Å². The summed E-state index contributed by atoms with van der Waals surface area (Å²) in [6.45, 7) is 1.87. The van der Waals surface area contributed by atoms with Crippen molar-refractivity contribution in [3.63, 3.8) is 0 Å². The fourth-order valence-corrected chi connectivity index (χ4v) is 2.52. The van der Waals surface area contributed by atoms with Gasteiger partial charge in [-0.1, -0.05) is 0 Å². The molecule has 1 N–H and O–H groups in total. The Morgan fingerprint density at radius 1 is 1.56 bits per heavy atom. The molecule has 0 saturated heterocycles. The van der Waals surface area contributed by atoms with E-state index in [1.807, 2.05) is 18.4 Å². The standard InChI is InChI=1S/C12H10BrN3OS/c1-8-2-3-9(5-14-8)12(17)16-15-6-11-4-10(13)7-18-11/h2-7H,1H3,(H,16,17). The normalized spacial score (nSPS) is 10.8. The third-order valence-electron chi connectivity index (χ3n) is 2.12. The van der Waals surface area contributed by atoms with Crippen LogP contribution in [0.4, 0.5) is 0 Å². The Bertz CT molecular complexity index is 577. The summed E-state index contributed by atoms with van der Waals surface area (Å²) < 4.78 is 1.00. The van der Waals surface area contributed by atoms with Crippen molar-refractivity contribution in [3.8, 4) is 0 Å². The highest BCUT2D eigenvalue weighted by molar-refractivity contribution is 9.10. The highest BCUT2D eigenvalue weighted by Crippen LogP contribution is 2.17. The first-order valence-electron chi connectivity index (χ1n) is 5.15. The van der Waals surface area contributed by atoms with Gasteiger partial charge in [0, 0.05) is 26.6 Å². The molecule has 0 atom stereocenters. The number of aryl methyl sites for hydroxylation is 1. The van der Waals surface area contributed by atoms with Crippen molar-refractivity contribution in [2.24, 2.45) is 5.10 Å². The molecule has 0 aliphatic rings. The van der Waals surface area contributed by atoms with Gasteiger partial charge in [-0.2, -0.15) is 5.10 Å². The van der Waals surface area contributed by atoms with E-state index < -0.39 is 0 Å². The highest BCUT2D eigenvalue weighted by atomic mass is 79.9. The predicted octanol–water partition coefficient (Wildman–Crippen LogP) is 2.98. The molecule has 6 heteroatoms. The maximum atomic E-state index is 11.7. The molecule has 4 nitrogen and oxygen atoms in total. The number of nitrogens with one attached hydrogen (secondary N) is 1. The second-order valence-electron chi connectivity index (χ2n) is 3.55. The molecule has 0 aromatic carbocycles. The Hall–Kier alpha value is -1.53. The van der Waals surface area contributed by atoms with Crippen LogP contribution in [0.25, 0.3) is 0 Å².